The molecule has 0 N–H and O–H groups in total. The van der Waals surface area contributed by atoms with Crippen LogP contribution in [0.3, 0.4) is 0 Å². The van der Waals surface area contributed by atoms with Crippen LogP contribution in [0.4, 0.5) is 0 Å². The van der Waals surface area contributed by atoms with Crippen LogP contribution in [0.25, 0.3) is 0 Å². The first-order valence-electron chi connectivity index (χ1n) is 3.14. The van der Waals surface area contributed by atoms with Gasteiger partial charge in [-0.05, 0) is 0 Å². The maximum absolute atomic E-state index is 10.8. The fraction of sp³-hybridized carbons (Fsp3) is 0.667. The molecular formula is C6H9N2O2. The number of rotatable bonds is 0. The van der Waals surface area contributed by atoms with Gasteiger partial charge in [0.1, 0.15) is 6.54 Å². The summed E-state index contributed by atoms with van der Waals surface area (Å²) in [6, 6.07) is 0. The zero-order chi connectivity index (χ0) is 7.56. The second-order valence-electron chi connectivity index (χ2n) is 2.28. The van der Waals surface area contributed by atoms with Crippen molar-refractivity contribution in [2.24, 2.45) is 0 Å². The van der Waals surface area contributed by atoms with Crippen LogP contribution in [0.5, 0.6) is 0 Å². The first-order valence-corrected chi connectivity index (χ1v) is 3.14. The van der Waals surface area contributed by atoms with E-state index in [1.165, 1.54) is 4.90 Å². The van der Waals surface area contributed by atoms with E-state index in [1.54, 1.807) is 7.05 Å². The van der Waals surface area contributed by atoms with Crippen molar-refractivity contribution in [2.45, 2.75) is 6.42 Å². The molecule has 2 amide bonds. The van der Waals surface area contributed by atoms with Crippen molar-refractivity contribution in [1.29, 1.82) is 0 Å². The second-order valence-corrected chi connectivity index (χ2v) is 2.28. The molecule has 0 saturated carbocycles. The van der Waals surface area contributed by atoms with E-state index in [1.807, 2.05) is 0 Å². The predicted molar refractivity (Wildman–Crippen MR) is 34.3 cm³/mol. The van der Waals surface area contributed by atoms with Crippen LogP contribution in [0.2, 0.25) is 0 Å². The Morgan fingerprint density at radius 2 is 2.20 bits per heavy atom. The van der Waals surface area contributed by atoms with Gasteiger partial charge in [0.25, 0.3) is 0 Å². The monoisotopic (exact) mass is 141 g/mol. The minimum Gasteiger partial charge on any atom is -0.344 e. The highest BCUT2D eigenvalue weighted by Gasteiger charge is 2.17. The SMILES string of the molecule is CN1CCC(=O)[N]CC1=O. The summed E-state index contributed by atoms with van der Waals surface area (Å²) in [5.74, 6) is -0.247. The molecule has 0 atom stereocenters. The van der Waals surface area contributed by atoms with E-state index < -0.39 is 0 Å². The Balaban J connectivity index is 2.54. The summed E-state index contributed by atoms with van der Waals surface area (Å²) in [6.07, 6.45) is 0.363. The third kappa shape index (κ3) is 1.46. The topological polar surface area (TPSA) is 51.5 Å². The van der Waals surface area contributed by atoms with Crippen molar-refractivity contribution in [3.05, 3.63) is 0 Å². The van der Waals surface area contributed by atoms with Crippen molar-refractivity contribution < 1.29 is 9.59 Å². The van der Waals surface area contributed by atoms with Gasteiger partial charge in [-0.1, -0.05) is 0 Å². The molecule has 0 aromatic carbocycles. The average Bonchev–Trinajstić information content (AvgIpc) is 2.04. The Kier molecular flexibility index (Phi) is 1.89. The second kappa shape index (κ2) is 2.68. The lowest BCUT2D eigenvalue weighted by Crippen LogP contribution is -2.29. The molecule has 1 heterocycles. The molecule has 1 aliphatic rings. The molecule has 1 radical (unpaired) electrons. The lowest BCUT2D eigenvalue weighted by molar-refractivity contribution is -0.129. The van der Waals surface area contributed by atoms with Gasteiger partial charge in [-0.25, -0.2) is 5.32 Å². The molecule has 4 heteroatoms. The van der Waals surface area contributed by atoms with Crippen molar-refractivity contribution >= 4 is 11.8 Å². The number of carbonyl (C=O) groups excluding carboxylic acids is 2. The number of likely N-dealkylation sites (N-methyl/N-ethyl adjacent to an activating group) is 1. The van der Waals surface area contributed by atoms with Crippen LogP contribution in [-0.4, -0.2) is 36.9 Å². The van der Waals surface area contributed by atoms with Crippen molar-refractivity contribution in [1.82, 2.24) is 10.2 Å². The van der Waals surface area contributed by atoms with Gasteiger partial charge in [0.2, 0.25) is 11.8 Å². The number of carbonyl (C=O) groups is 2. The van der Waals surface area contributed by atoms with Gasteiger partial charge in [0, 0.05) is 20.0 Å². The fourth-order valence-electron chi connectivity index (χ4n) is 0.744. The van der Waals surface area contributed by atoms with Crippen LogP contribution >= 0.6 is 0 Å². The first kappa shape index (κ1) is 7.05. The summed E-state index contributed by atoms with van der Waals surface area (Å²) < 4.78 is 0. The standard InChI is InChI=1S/C6H9N2O2/c1-8-3-2-5(9)7-4-6(8)10/h2-4H2,1H3. The van der Waals surface area contributed by atoms with Crippen LogP contribution in [-0.2, 0) is 9.59 Å². The maximum Gasteiger partial charge on any atom is 0.244 e. The lowest BCUT2D eigenvalue weighted by atomic mass is 10.4. The third-order valence-electron chi connectivity index (χ3n) is 1.48. The number of hydrogen-bond acceptors (Lipinski definition) is 2. The summed E-state index contributed by atoms with van der Waals surface area (Å²) in [5, 5.41) is 3.52. The van der Waals surface area contributed by atoms with E-state index >= 15 is 0 Å². The molecule has 0 aromatic rings. The molecule has 0 unspecified atom stereocenters. The van der Waals surface area contributed by atoms with Gasteiger partial charge in [-0.3, -0.25) is 9.59 Å². The van der Waals surface area contributed by atoms with Gasteiger partial charge in [-0.2, -0.15) is 0 Å². The van der Waals surface area contributed by atoms with E-state index in [0.29, 0.717) is 13.0 Å². The Morgan fingerprint density at radius 3 is 2.90 bits per heavy atom. The molecule has 55 valence electrons. The summed E-state index contributed by atoms with van der Waals surface area (Å²) in [7, 11) is 1.68. The zero-order valence-electron chi connectivity index (χ0n) is 5.83. The number of amides is 2. The average molecular weight is 141 g/mol. The minimum atomic E-state index is -0.169. The van der Waals surface area contributed by atoms with E-state index in [4.69, 9.17) is 0 Å². The quantitative estimate of drug-likeness (QED) is 0.433. The van der Waals surface area contributed by atoms with Gasteiger partial charge in [0.15, 0.2) is 0 Å². The highest BCUT2D eigenvalue weighted by atomic mass is 16.2. The van der Waals surface area contributed by atoms with Crippen LogP contribution < -0.4 is 5.32 Å². The van der Waals surface area contributed by atoms with Gasteiger partial charge in [0.05, 0.1) is 0 Å². The molecule has 0 aliphatic carbocycles. The maximum atomic E-state index is 10.8. The van der Waals surface area contributed by atoms with Crippen molar-refractivity contribution in [2.75, 3.05) is 20.1 Å². The van der Waals surface area contributed by atoms with E-state index in [2.05, 4.69) is 5.32 Å². The highest BCUT2D eigenvalue weighted by molar-refractivity contribution is 5.86. The summed E-state index contributed by atoms with van der Waals surface area (Å²) in [4.78, 5) is 23.0. The molecular weight excluding hydrogens is 132 g/mol. The summed E-state index contributed by atoms with van der Waals surface area (Å²) >= 11 is 0. The molecule has 1 fully saturated rings. The number of nitrogens with zero attached hydrogens (tertiary/aromatic N) is 2. The van der Waals surface area contributed by atoms with Gasteiger partial charge >= 0.3 is 0 Å². The first-order chi connectivity index (χ1) is 4.70. The van der Waals surface area contributed by atoms with Gasteiger partial charge in [-0.15, -0.1) is 0 Å². The Hall–Kier alpha value is -1.06. The van der Waals surface area contributed by atoms with Crippen LogP contribution in [0.1, 0.15) is 6.42 Å². The van der Waals surface area contributed by atoms with Crippen molar-refractivity contribution in [3.63, 3.8) is 0 Å². The molecule has 1 aliphatic heterocycles. The lowest BCUT2D eigenvalue weighted by Gasteiger charge is -2.10. The summed E-state index contributed by atoms with van der Waals surface area (Å²) in [5.41, 5.74) is 0. The van der Waals surface area contributed by atoms with E-state index in [0.717, 1.165) is 0 Å². The molecule has 4 nitrogen and oxygen atoms in total. The van der Waals surface area contributed by atoms with E-state index in [-0.39, 0.29) is 18.4 Å². The Bertz CT molecular complexity index is 167. The smallest absolute Gasteiger partial charge is 0.244 e. The Morgan fingerprint density at radius 1 is 1.50 bits per heavy atom. The normalized spacial score (nSPS) is 20.3. The molecule has 10 heavy (non-hydrogen) atoms. The van der Waals surface area contributed by atoms with Crippen LogP contribution in [0.15, 0.2) is 0 Å². The largest absolute Gasteiger partial charge is 0.344 e. The third-order valence-corrected chi connectivity index (χ3v) is 1.48. The minimum absolute atomic E-state index is 0.0231. The molecule has 0 bridgehead atoms. The summed E-state index contributed by atoms with van der Waals surface area (Å²) in [6.45, 7) is 0.524. The fourth-order valence-corrected chi connectivity index (χ4v) is 0.744. The predicted octanol–water partition coefficient (Wildman–Crippen LogP) is -1.02. The van der Waals surface area contributed by atoms with E-state index in [9.17, 15) is 9.59 Å². The zero-order valence-corrected chi connectivity index (χ0v) is 5.83. The molecule has 1 saturated heterocycles. The Labute approximate surface area is 59.2 Å². The molecule has 1 rings (SSSR count). The van der Waals surface area contributed by atoms with Crippen molar-refractivity contribution in [3.8, 4) is 0 Å². The number of hydrogen-bond donors (Lipinski definition) is 0. The molecule has 0 aromatic heterocycles. The van der Waals surface area contributed by atoms with Crippen LogP contribution in [0, 0.1) is 0 Å². The molecule has 0 spiro atoms. The van der Waals surface area contributed by atoms with Gasteiger partial charge < -0.3 is 4.90 Å². The highest BCUT2D eigenvalue weighted by Crippen LogP contribution is 1.94.